The molecule has 0 spiro atoms. The molecule has 57 heavy (non-hydrogen) atoms. The Morgan fingerprint density at radius 2 is 1.74 bits per heavy atom. The van der Waals surface area contributed by atoms with Crippen molar-refractivity contribution in [2.45, 2.75) is 89.9 Å². The SMILES string of the molecule is C=CCO[C@@]12Oc3ccc(Oc4ccc(C)c(C)c4)cc3[C@H]3[C@H](CCCCO)[C@@H](CCCCO)C=C(C(=NOC)C[C@@H]1N(CCC)C(=O)c1ccc(C#N)cc1)[C@H]32. The number of ether oxygens (including phenoxy) is 3. The highest BCUT2D eigenvalue weighted by molar-refractivity contribution is 6.03. The van der Waals surface area contributed by atoms with Crippen LogP contribution < -0.4 is 9.47 Å². The van der Waals surface area contributed by atoms with Crippen molar-refractivity contribution in [3.63, 3.8) is 0 Å². The van der Waals surface area contributed by atoms with E-state index in [1.165, 1.54) is 5.56 Å². The Labute approximate surface area is 337 Å². The molecule has 10 heteroatoms. The highest BCUT2D eigenvalue weighted by Gasteiger charge is 2.65. The van der Waals surface area contributed by atoms with Crippen molar-refractivity contribution in [1.29, 1.82) is 5.26 Å². The van der Waals surface area contributed by atoms with E-state index in [2.05, 4.69) is 49.9 Å². The van der Waals surface area contributed by atoms with E-state index in [0.717, 1.165) is 53.8 Å². The molecule has 1 aliphatic heterocycles. The predicted molar refractivity (Wildman–Crippen MR) is 220 cm³/mol. The van der Waals surface area contributed by atoms with Gasteiger partial charge in [-0.05, 0) is 129 Å². The van der Waals surface area contributed by atoms with E-state index in [1.807, 2.05) is 36.1 Å². The van der Waals surface area contributed by atoms with Gasteiger partial charge >= 0.3 is 0 Å². The van der Waals surface area contributed by atoms with Crippen LogP contribution in [-0.4, -0.2) is 72.0 Å². The minimum atomic E-state index is -1.36. The van der Waals surface area contributed by atoms with Gasteiger partial charge in [0.2, 0.25) is 5.79 Å². The van der Waals surface area contributed by atoms with Gasteiger partial charge in [0.15, 0.2) is 0 Å². The number of hydrogen-bond acceptors (Lipinski definition) is 9. The van der Waals surface area contributed by atoms with E-state index >= 15 is 0 Å². The van der Waals surface area contributed by atoms with Gasteiger partial charge in [0.25, 0.3) is 5.91 Å². The van der Waals surface area contributed by atoms with E-state index in [1.54, 1.807) is 37.5 Å². The number of aryl methyl sites for hydroxylation is 2. The van der Waals surface area contributed by atoms with E-state index < -0.39 is 17.7 Å². The molecule has 6 rings (SSSR count). The number of nitrogens with zero attached hydrogens (tertiary/aromatic N) is 3. The molecule has 1 saturated carbocycles. The number of oxime groups is 1. The van der Waals surface area contributed by atoms with Gasteiger partial charge in [0.1, 0.15) is 30.4 Å². The van der Waals surface area contributed by atoms with Crippen molar-refractivity contribution in [1.82, 2.24) is 4.90 Å². The zero-order chi connectivity index (χ0) is 40.5. The fourth-order valence-electron chi connectivity index (χ4n) is 9.23. The van der Waals surface area contributed by atoms with Crippen LogP contribution in [0, 0.1) is 42.9 Å². The molecule has 0 radical (unpaired) electrons. The van der Waals surface area contributed by atoms with E-state index in [-0.39, 0.29) is 43.5 Å². The first-order chi connectivity index (χ1) is 27.7. The second kappa shape index (κ2) is 19.0. The van der Waals surface area contributed by atoms with Gasteiger partial charge in [-0.15, -0.1) is 6.58 Å². The van der Waals surface area contributed by atoms with Gasteiger partial charge in [-0.1, -0.05) is 43.1 Å². The van der Waals surface area contributed by atoms with Crippen LogP contribution in [-0.2, 0) is 9.57 Å². The average molecular weight is 776 g/mol. The largest absolute Gasteiger partial charge is 0.459 e. The first-order valence-electron chi connectivity index (χ1n) is 20.4. The molecule has 0 aromatic heterocycles. The molecule has 1 heterocycles. The molecule has 3 aromatic carbocycles. The van der Waals surface area contributed by atoms with Gasteiger partial charge < -0.3 is 34.2 Å². The lowest BCUT2D eigenvalue weighted by atomic mass is 9.55. The van der Waals surface area contributed by atoms with Crippen molar-refractivity contribution in [3.8, 4) is 23.3 Å². The number of benzene rings is 3. The molecule has 302 valence electrons. The Hall–Kier alpha value is -4.95. The van der Waals surface area contributed by atoms with Crippen LogP contribution in [0.2, 0.25) is 0 Å². The molecule has 1 amide bonds. The molecule has 10 nitrogen and oxygen atoms in total. The third-order valence-corrected chi connectivity index (χ3v) is 11.9. The predicted octanol–water partition coefficient (Wildman–Crippen LogP) is 8.78. The lowest BCUT2D eigenvalue weighted by molar-refractivity contribution is -0.254. The number of allylic oxidation sites excluding steroid dienone is 1. The number of rotatable bonds is 18. The summed E-state index contributed by atoms with van der Waals surface area (Å²) in [5, 5.41) is 33.9. The zero-order valence-electron chi connectivity index (χ0n) is 33.8. The Morgan fingerprint density at radius 3 is 2.40 bits per heavy atom. The van der Waals surface area contributed by atoms with E-state index in [9.17, 15) is 20.3 Å². The first kappa shape index (κ1) is 41.7. The number of amides is 1. The molecule has 3 aliphatic rings. The maximum absolute atomic E-state index is 14.7. The minimum absolute atomic E-state index is 0.0895. The zero-order valence-corrected chi connectivity index (χ0v) is 33.8. The van der Waals surface area contributed by atoms with Crippen molar-refractivity contribution >= 4 is 11.6 Å². The summed E-state index contributed by atoms with van der Waals surface area (Å²) < 4.78 is 20.9. The molecule has 0 saturated heterocycles. The van der Waals surface area contributed by atoms with Crippen molar-refractivity contribution in [2.75, 3.05) is 33.5 Å². The number of aliphatic hydroxyl groups is 2. The lowest BCUT2D eigenvalue weighted by Crippen LogP contribution is -2.70. The van der Waals surface area contributed by atoms with Crippen LogP contribution in [0.25, 0.3) is 0 Å². The summed E-state index contributed by atoms with van der Waals surface area (Å²) in [4.78, 5) is 22.2. The Balaban J connectivity index is 1.58. The molecular weight excluding hydrogens is 719 g/mol. The normalized spacial score (nSPS) is 24.0. The van der Waals surface area contributed by atoms with Gasteiger partial charge in [-0.25, -0.2) is 0 Å². The number of hydrogen-bond donors (Lipinski definition) is 2. The molecule has 2 aliphatic carbocycles. The molecule has 6 atom stereocenters. The number of fused-ring (bicyclic) bond motifs is 2. The minimum Gasteiger partial charge on any atom is -0.459 e. The summed E-state index contributed by atoms with van der Waals surface area (Å²) in [6, 6.07) is 20.3. The Morgan fingerprint density at radius 1 is 1.02 bits per heavy atom. The van der Waals surface area contributed by atoms with Crippen molar-refractivity contribution in [2.24, 2.45) is 22.9 Å². The van der Waals surface area contributed by atoms with Crippen molar-refractivity contribution < 1.29 is 34.1 Å². The number of carbonyl (C=O) groups is 1. The van der Waals surface area contributed by atoms with Crippen LogP contribution in [0.15, 0.2) is 90.1 Å². The van der Waals surface area contributed by atoms with Crippen LogP contribution in [0.3, 0.4) is 0 Å². The summed E-state index contributed by atoms with van der Waals surface area (Å²) in [5.74, 6) is 0.151. The fraction of sp³-hybridized carbons (Fsp3) is 0.468. The maximum atomic E-state index is 14.7. The summed E-state index contributed by atoms with van der Waals surface area (Å²) in [6.45, 7) is 11.0. The maximum Gasteiger partial charge on any atom is 0.254 e. The quantitative estimate of drug-likeness (QED) is 0.0745. The van der Waals surface area contributed by atoms with Crippen LogP contribution >= 0.6 is 0 Å². The first-order valence-corrected chi connectivity index (χ1v) is 20.4. The summed E-state index contributed by atoms with van der Waals surface area (Å²) >= 11 is 0. The molecule has 0 unspecified atom stereocenters. The number of aliphatic hydroxyl groups excluding tert-OH is 2. The van der Waals surface area contributed by atoms with Crippen LogP contribution in [0.4, 0.5) is 0 Å². The van der Waals surface area contributed by atoms with Crippen molar-refractivity contribution in [3.05, 3.63) is 113 Å². The average Bonchev–Trinajstić information content (AvgIpc) is 3.22. The van der Waals surface area contributed by atoms with Gasteiger partial charge in [-0.2, -0.15) is 5.26 Å². The van der Waals surface area contributed by atoms with Crippen LogP contribution in [0.1, 0.15) is 96.8 Å². The molecule has 3 aromatic rings. The van der Waals surface area contributed by atoms with Gasteiger partial charge in [0.05, 0.1) is 29.9 Å². The number of unbranched alkanes of at least 4 members (excludes halogenated alkanes) is 2. The lowest BCUT2D eigenvalue weighted by Gasteiger charge is -2.60. The second-order valence-corrected chi connectivity index (χ2v) is 15.5. The van der Waals surface area contributed by atoms with Crippen LogP contribution in [0.5, 0.6) is 17.2 Å². The third-order valence-electron chi connectivity index (χ3n) is 11.9. The number of nitriles is 1. The summed E-state index contributed by atoms with van der Waals surface area (Å²) in [5.41, 5.74) is 5.96. The monoisotopic (exact) mass is 775 g/mol. The smallest absolute Gasteiger partial charge is 0.254 e. The Kier molecular flexibility index (Phi) is 13.9. The summed E-state index contributed by atoms with van der Waals surface area (Å²) in [7, 11) is 1.55. The highest BCUT2D eigenvalue weighted by Crippen LogP contribution is 2.62. The summed E-state index contributed by atoms with van der Waals surface area (Å²) in [6.07, 6.45) is 9.76. The topological polar surface area (TPSA) is 134 Å². The third kappa shape index (κ3) is 8.67. The molecule has 2 N–H and O–H groups in total. The van der Waals surface area contributed by atoms with E-state index in [4.69, 9.17) is 19.0 Å². The molecule has 0 bridgehead atoms. The highest BCUT2D eigenvalue weighted by atomic mass is 16.7. The number of carbonyl (C=O) groups excluding carboxylic acids is 1. The fourth-order valence-corrected chi connectivity index (χ4v) is 9.23. The van der Waals surface area contributed by atoms with Gasteiger partial charge in [-0.3, -0.25) is 4.79 Å². The standard InChI is InChI=1S/C47H57N3O7/c1-6-22-50(46(53)34-17-15-33(30-48)16-18-34)43-29-41(49-54-5)39-27-35(12-8-10-23-51)38(13-9-11-24-52)44-40-28-37(56-36-19-14-31(3)32(4)26-36)20-21-42(40)57-47(43,45(39)44)55-25-7-2/h7,14-21,26-28,35,38,43-45,51-52H,2,6,8-13,22-25,29H2,1,3-5H3/t35-,38+,43-,44+,45+,47+/m0/s1. The molecule has 1 fully saturated rings. The van der Waals surface area contributed by atoms with Gasteiger partial charge in [0, 0.05) is 43.2 Å². The molecular formula is C47H57N3O7. The van der Waals surface area contributed by atoms with E-state index in [0.29, 0.717) is 54.9 Å². The second-order valence-electron chi connectivity index (χ2n) is 15.5. The Bertz CT molecular complexity index is 1990.